The van der Waals surface area contributed by atoms with E-state index in [4.69, 9.17) is 10.2 Å². The third-order valence-corrected chi connectivity index (χ3v) is 2.44. The molecule has 78 valence electrons. The predicted octanol–water partition coefficient (Wildman–Crippen LogP) is 2.79. The van der Waals surface area contributed by atoms with E-state index >= 15 is 0 Å². The summed E-state index contributed by atoms with van der Waals surface area (Å²) in [7, 11) is 0. The first-order chi connectivity index (χ1) is 7.22. The second-order valence-corrected chi connectivity index (χ2v) is 3.49. The van der Waals surface area contributed by atoms with Crippen molar-refractivity contribution in [1.82, 2.24) is 4.98 Å². The number of anilines is 1. The van der Waals surface area contributed by atoms with Gasteiger partial charge in [-0.2, -0.15) is 4.98 Å². The van der Waals surface area contributed by atoms with E-state index < -0.39 is 0 Å². The van der Waals surface area contributed by atoms with Gasteiger partial charge in [0.15, 0.2) is 0 Å². The van der Waals surface area contributed by atoms with E-state index in [0.717, 1.165) is 23.4 Å². The molecule has 15 heavy (non-hydrogen) atoms. The van der Waals surface area contributed by atoms with Crippen LogP contribution in [0.1, 0.15) is 18.2 Å². The van der Waals surface area contributed by atoms with E-state index in [1.165, 1.54) is 5.56 Å². The minimum Gasteiger partial charge on any atom is -0.428 e. The number of nitrogens with zero attached hydrogens (tertiary/aromatic N) is 1. The van der Waals surface area contributed by atoms with Crippen molar-refractivity contribution in [2.75, 3.05) is 5.73 Å². The van der Waals surface area contributed by atoms with Crippen molar-refractivity contribution in [3.05, 3.63) is 35.6 Å². The molecule has 1 aromatic carbocycles. The molecule has 0 spiro atoms. The summed E-state index contributed by atoms with van der Waals surface area (Å²) in [5.74, 6) is 0.849. The highest BCUT2D eigenvalue weighted by Gasteiger charge is 2.13. The molecule has 0 saturated heterocycles. The minimum atomic E-state index is 0.241. The Kier molecular flexibility index (Phi) is 2.46. The maximum Gasteiger partial charge on any atom is 0.292 e. The number of benzene rings is 1. The second-order valence-electron chi connectivity index (χ2n) is 3.49. The van der Waals surface area contributed by atoms with Gasteiger partial charge in [-0.25, -0.2) is 0 Å². The van der Waals surface area contributed by atoms with Gasteiger partial charge in [-0.3, -0.25) is 0 Å². The minimum absolute atomic E-state index is 0.241. The van der Waals surface area contributed by atoms with Crippen molar-refractivity contribution < 1.29 is 4.42 Å². The molecule has 2 rings (SSSR count). The Morgan fingerprint density at radius 2 is 2.07 bits per heavy atom. The monoisotopic (exact) mass is 202 g/mol. The normalized spacial score (nSPS) is 10.5. The van der Waals surface area contributed by atoms with Crippen LogP contribution in [0.15, 0.2) is 28.7 Å². The summed E-state index contributed by atoms with van der Waals surface area (Å²) < 4.78 is 5.34. The maximum atomic E-state index is 5.56. The van der Waals surface area contributed by atoms with E-state index in [0.29, 0.717) is 0 Å². The largest absolute Gasteiger partial charge is 0.428 e. The van der Waals surface area contributed by atoms with Crippen LogP contribution in [0.3, 0.4) is 0 Å². The van der Waals surface area contributed by atoms with E-state index in [2.05, 4.69) is 18.0 Å². The Balaban J connectivity index is 2.58. The Morgan fingerprint density at radius 1 is 1.33 bits per heavy atom. The Hall–Kier alpha value is -1.77. The molecule has 0 saturated carbocycles. The standard InChI is InChI=1S/C12H14N2O/c1-3-10-11(14-12(13)15-10)9-7-5-4-6-8(9)2/h4-7H,3H2,1-2H3,(H2,13,14). The molecule has 0 aliphatic heterocycles. The molecule has 0 fully saturated rings. The molecule has 0 unspecified atom stereocenters. The molecular weight excluding hydrogens is 188 g/mol. The fourth-order valence-electron chi connectivity index (χ4n) is 1.66. The zero-order chi connectivity index (χ0) is 10.8. The summed E-state index contributed by atoms with van der Waals surface area (Å²) in [6, 6.07) is 8.33. The lowest BCUT2D eigenvalue weighted by Gasteiger charge is -2.02. The van der Waals surface area contributed by atoms with Gasteiger partial charge in [-0.05, 0) is 12.5 Å². The van der Waals surface area contributed by atoms with Gasteiger partial charge in [0, 0.05) is 12.0 Å². The van der Waals surface area contributed by atoms with E-state index in [9.17, 15) is 0 Å². The van der Waals surface area contributed by atoms with Crippen LogP contribution in [0.2, 0.25) is 0 Å². The number of nitrogens with two attached hydrogens (primary N) is 1. The van der Waals surface area contributed by atoms with Crippen LogP contribution in [-0.2, 0) is 6.42 Å². The third kappa shape index (κ3) is 1.73. The number of nitrogen functional groups attached to an aromatic ring is 1. The van der Waals surface area contributed by atoms with Crippen LogP contribution in [-0.4, -0.2) is 4.98 Å². The van der Waals surface area contributed by atoms with Gasteiger partial charge in [-0.1, -0.05) is 31.2 Å². The summed E-state index contributed by atoms with van der Waals surface area (Å²) >= 11 is 0. The van der Waals surface area contributed by atoms with Crippen molar-refractivity contribution in [2.45, 2.75) is 20.3 Å². The van der Waals surface area contributed by atoms with Crippen LogP contribution in [0.5, 0.6) is 0 Å². The van der Waals surface area contributed by atoms with Crippen molar-refractivity contribution in [2.24, 2.45) is 0 Å². The molecule has 0 atom stereocenters. The van der Waals surface area contributed by atoms with Gasteiger partial charge >= 0.3 is 0 Å². The average Bonchev–Trinajstić information content (AvgIpc) is 2.60. The Labute approximate surface area is 88.9 Å². The van der Waals surface area contributed by atoms with Gasteiger partial charge in [0.25, 0.3) is 6.01 Å². The first kappa shape index (κ1) is 9.77. The van der Waals surface area contributed by atoms with Crippen molar-refractivity contribution in [3.8, 4) is 11.3 Å². The first-order valence-corrected chi connectivity index (χ1v) is 5.03. The lowest BCUT2D eigenvalue weighted by atomic mass is 10.0. The van der Waals surface area contributed by atoms with E-state index in [-0.39, 0.29) is 6.01 Å². The quantitative estimate of drug-likeness (QED) is 0.814. The number of rotatable bonds is 2. The van der Waals surface area contributed by atoms with Crippen LogP contribution < -0.4 is 5.73 Å². The van der Waals surface area contributed by atoms with Gasteiger partial charge < -0.3 is 10.2 Å². The second kappa shape index (κ2) is 3.77. The van der Waals surface area contributed by atoms with E-state index in [1.54, 1.807) is 0 Å². The molecule has 1 aromatic heterocycles. The van der Waals surface area contributed by atoms with E-state index in [1.807, 2.05) is 25.1 Å². The zero-order valence-corrected chi connectivity index (χ0v) is 8.95. The smallest absolute Gasteiger partial charge is 0.292 e. The SMILES string of the molecule is CCc1oc(N)nc1-c1ccccc1C. The maximum absolute atomic E-state index is 5.56. The molecule has 3 nitrogen and oxygen atoms in total. The molecule has 0 radical (unpaired) electrons. The molecule has 2 N–H and O–H groups in total. The highest BCUT2D eigenvalue weighted by molar-refractivity contribution is 5.66. The van der Waals surface area contributed by atoms with Crippen LogP contribution in [0.25, 0.3) is 11.3 Å². The zero-order valence-electron chi connectivity index (χ0n) is 8.95. The summed E-state index contributed by atoms with van der Waals surface area (Å²) in [4.78, 5) is 4.22. The predicted molar refractivity (Wildman–Crippen MR) is 60.5 cm³/mol. The van der Waals surface area contributed by atoms with Crippen LogP contribution in [0, 0.1) is 6.92 Å². The number of hydrogen-bond acceptors (Lipinski definition) is 3. The molecule has 0 aliphatic rings. The van der Waals surface area contributed by atoms with Gasteiger partial charge in [0.05, 0.1) is 0 Å². The molecule has 0 amide bonds. The molecule has 0 aliphatic carbocycles. The topological polar surface area (TPSA) is 52.0 Å². The van der Waals surface area contributed by atoms with Crippen LogP contribution in [0.4, 0.5) is 6.01 Å². The van der Waals surface area contributed by atoms with Crippen molar-refractivity contribution in [1.29, 1.82) is 0 Å². The lowest BCUT2D eigenvalue weighted by Crippen LogP contribution is -1.88. The lowest BCUT2D eigenvalue weighted by molar-refractivity contribution is 0.530. The highest BCUT2D eigenvalue weighted by atomic mass is 16.4. The first-order valence-electron chi connectivity index (χ1n) is 5.03. The summed E-state index contributed by atoms with van der Waals surface area (Å²) in [6.07, 6.45) is 0.799. The number of aromatic nitrogens is 1. The summed E-state index contributed by atoms with van der Waals surface area (Å²) in [6.45, 7) is 4.08. The fraction of sp³-hybridized carbons (Fsp3) is 0.250. The number of hydrogen-bond donors (Lipinski definition) is 1. The Morgan fingerprint density at radius 3 is 2.73 bits per heavy atom. The molecular formula is C12H14N2O. The number of aryl methyl sites for hydroxylation is 2. The van der Waals surface area contributed by atoms with Gasteiger partial charge in [0.1, 0.15) is 11.5 Å². The number of oxazole rings is 1. The fourth-order valence-corrected chi connectivity index (χ4v) is 1.66. The van der Waals surface area contributed by atoms with Gasteiger partial charge in [-0.15, -0.1) is 0 Å². The molecule has 1 heterocycles. The third-order valence-electron chi connectivity index (χ3n) is 2.44. The molecule has 3 heteroatoms. The van der Waals surface area contributed by atoms with Gasteiger partial charge in [0.2, 0.25) is 0 Å². The summed E-state index contributed by atoms with van der Waals surface area (Å²) in [5, 5.41) is 0. The van der Waals surface area contributed by atoms with Crippen molar-refractivity contribution in [3.63, 3.8) is 0 Å². The highest BCUT2D eigenvalue weighted by Crippen LogP contribution is 2.27. The van der Waals surface area contributed by atoms with Crippen LogP contribution >= 0.6 is 0 Å². The Bertz CT molecular complexity index is 474. The molecule has 2 aromatic rings. The molecule has 0 bridgehead atoms. The summed E-state index contributed by atoms with van der Waals surface area (Å²) in [5.41, 5.74) is 8.71. The van der Waals surface area contributed by atoms with Crippen molar-refractivity contribution >= 4 is 6.01 Å². The average molecular weight is 202 g/mol.